The Hall–Kier alpha value is -1.11. The van der Waals surface area contributed by atoms with Gasteiger partial charge in [0.05, 0.1) is 0 Å². The Labute approximate surface area is 105 Å². The highest BCUT2D eigenvalue weighted by atomic mass is 14.8. The summed E-state index contributed by atoms with van der Waals surface area (Å²) in [7, 11) is 0. The average Bonchev–Trinajstić information content (AvgIpc) is 2.68. The van der Waals surface area contributed by atoms with Crippen LogP contribution in [0.3, 0.4) is 0 Å². The molecule has 0 N–H and O–H groups in total. The van der Waals surface area contributed by atoms with E-state index in [1.165, 1.54) is 37.0 Å². The Morgan fingerprint density at radius 2 is 1.88 bits per heavy atom. The first kappa shape index (κ1) is 12.3. The van der Waals surface area contributed by atoms with E-state index >= 15 is 0 Å². The highest BCUT2D eigenvalue weighted by Crippen LogP contribution is 2.30. The van der Waals surface area contributed by atoms with Crippen LogP contribution in [0.4, 0.5) is 0 Å². The minimum absolute atomic E-state index is 0.755. The van der Waals surface area contributed by atoms with Crippen molar-refractivity contribution >= 4 is 6.21 Å². The second-order valence-corrected chi connectivity index (χ2v) is 5.00. The van der Waals surface area contributed by atoms with Crippen LogP contribution in [0.2, 0.25) is 0 Å². The molecule has 0 aromatic carbocycles. The molecule has 0 fully saturated rings. The maximum Gasteiger partial charge on any atom is 0.0473 e. The molecule has 2 aliphatic rings. The molecule has 1 aliphatic heterocycles. The molecule has 17 heavy (non-hydrogen) atoms. The van der Waals surface area contributed by atoms with Crippen molar-refractivity contribution in [2.75, 3.05) is 0 Å². The fraction of sp³-hybridized carbons (Fsp3) is 0.562. The summed E-state index contributed by atoms with van der Waals surface area (Å²) in [6.45, 7) is 4.57. The zero-order chi connectivity index (χ0) is 12.1. The van der Waals surface area contributed by atoms with Gasteiger partial charge in [-0.15, -0.1) is 0 Å². The molecule has 1 aliphatic carbocycles. The molecule has 0 aromatic heterocycles. The summed E-state index contributed by atoms with van der Waals surface area (Å²) in [4.78, 5) is 4.46. The van der Waals surface area contributed by atoms with Crippen molar-refractivity contribution in [3.63, 3.8) is 0 Å². The minimum atomic E-state index is 0.755. The quantitative estimate of drug-likeness (QED) is 0.641. The molecule has 92 valence electrons. The molecule has 0 saturated carbocycles. The van der Waals surface area contributed by atoms with E-state index in [1.54, 1.807) is 5.57 Å². The monoisotopic (exact) mass is 229 g/mol. The van der Waals surface area contributed by atoms with E-state index in [0.717, 1.165) is 18.8 Å². The first-order valence-corrected chi connectivity index (χ1v) is 6.97. The Balaban J connectivity index is 2.09. The van der Waals surface area contributed by atoms with Crippen molar-refractivity contribution in [3.05, 3.63) is 35.1 Å². The van der Waals surface area contributed by atoms with Crippen LogP contribution < -0.4 is 0 Å². The van der Waals surface area contributed by atoms with Crippen LogP contribution in [-0.4, -0.2) is 6.21 Å². The lowest BCUT2D eigenvalue weighted by Gasteiger charge is -2.16. The highest BCUT2D eigenvalue weighted by molar-refractivity contribution is 5.69. The number of nitrogens with zero attached hydrogens (tertiary/aromatic N) is 1. The third-order valence-electron chi connectivity index (χ3n) is 3.68. The number of hydrogen-bond donors (Lipinski definition) is 0. The van der Waals surface area contributed by atoms with Gasteiger partial charge >= 0.3 is 0 Å². The molecule has 0 aromatic rings. The van der Waals surface area contributed by atoms with Gasteiger partial charge in [0.25, 0.3) is 0 Å². The summed E-state index contributed by atoms with van der Waals surface area (Å²) in [6, 6.07) is 0. The molecule has 1 nitrogen and oxygen atoms in total. The number of aliphatic imine (C=N–C) groups is 1. The first-order chi connectivity index (χ1) is 8.35. The average molecular weight is 229 g/mol. The smallest absolute Gasteiger partial charge is 0.0473 e. The molecule has 1 heterocycles. The van der Waals surface area contributed by atoms with Gasteiger partial charge in [0.15, 0.2) is 0 Å². The topological polar surface area (TPSA) is 12.4 Å². The van der Waals surface area contributed by atoms with E-state index in [0.29, 0.717) is 0 Å². The standard InChI is InChI=1S/C16H23N/c1-3-5-13(6-4-2)14-7-8-15-11-12-17-16(15)10-9-14/h7-9,12-13H,3-6,10-11H2,1-2H3. The normalized spacial score (nSPS) is 18.6. The fourth-order valence-electron chi connectivity index (χ4n) is 2.76. The summed E-state index contributed by atoms with van der Waals surface area (Å²) in [6.07, 6.45) is 16.3. The van der Waals surface area contributed by atoms with Gasteiger partial charge in [-0.25, -0.2) is 0 Å². The second kappa shape index (κ2) is 6.00. The Bertz CT molecular complexity index is 376. The first-order valence-electron chi connectivity index (χ1n) is 6.97. The van der Waals surface area contributed by atoms with Gasteiger partial charge in [-0.05, 0) is 29.9 Å². The predicted octanol–water partition coefficient (Wildman–Crippen LogP) is 4.82. The second-order valence-electron chi connectivity index (χ2n) is 5.00. The van der Waals surface area contributed by atoms with Crippen molar-refractivity contribution in [2.24, 2.45) is 10.9 Å². The van der Waals surface area contributed by atoms with Crippen molar-refractivity contribution in [3.8, 4) is 0 Å². The van der Waals surface area contributed by atoms with Crippen molar-refractivity contribution in [2.45, 2.75) is 52.4 Å². The molecule has 0 saturated heterocycles. The summed E-state index contributed by atoms with van der Waals surface area (Å²) in [5.41, 5.74) is 4.24. The van der Waals surface area contributed by atoms with Crippen LogP contribution in [0.5, 0.6) is 0 Å². The third kappa shape index (κ3) is 2.96. The molecule has 1 heteroatoms. The summed E-state index contributed by atoms with van der Waals surface area (Å²) >= 11 is 0. The molecule has 0 bridgehead atoms. The molecule has 0 spiro atoms. The van der Waals surface area contributed by atoms with Crippen molar-refractivity contribution < 1.29 is 0 Å². The zero-order valence-corrected chi connectivity index (χ0v) is 11.1. The molecular formula is C16H23N. The number of rotatable bonds is 5. The maximum atomic E-state index is 4.46. The zero-order valence-electron chi connectivity index (χ0n) is 11.1. The van der Waals surface area contributed by atoms with E-state index < -0.39 is 0 Å². The Kier molecular flexibility index (Phi) is 4.36. The van der Waals surface area contributed by atoms with Crippen molar-refractivity contribution in [1.82, 2.24) is 0 Å². The van der Waals surface area contributed by atoms with Crippen LogP contribution in [0.15, 0.2) is 40.1 Å². The van der Waals surface area contributed by atoms with Crippen LogP contribution in [0.1, 0.15) is 52.4 Å². The van der Waals surface area contributed by atoms with Gasteiger partial charge in [0.1, 0.15) is 0 Å². The predicted molar refractivity (Wildman–Crippen MR) is 75.3 cm³/mol. The van der Waals surface area contributed by atoms with Gasteiger partial charge in [-0.2, -0.15) is 0 Å². The SMILES string of the molecule is CCCC(CCC)C1=CCC2=C(C=C1)CC=N2. The third-order valence-corrected chi connectivity index (χ3v) is 3.68. The molecule has 0 unspecified atom stereocenters. The summed E-state index contributed by atoms with van der Waals surface area (Å²) < 4.78 is 0. The number of allylic oxidation sites excluding steroid dienone is 5. The summed E-state index contributed by atoms with van der Waals surface area (Å²) in [5, 5.41) is 0. The Morgan fingerprint density at radius 1 is 1.12 bits per heavy atom. The summed E-state index contributed by atoms with van der Waals surface area (Å²) in [5.74, 6) is 0.755. The van der Waals surface area contributed by atoms with E-state index in [1.807, 2.05) is 6.21 Å². The van der Waals surface area contributed by atoms with Gasteiger partial charge < -0.3 is 0 Å². The highest BCUT2D eigenvalue weighted by Gasteiger charge is 2.15. The maximum absolute atomic E-state index is 4.46. The van der Waals surface area contributed by atoms with Gasteiger partial charge in [-0.1, -0.05) is 44.9 Å². The molecule has 2 rings (SSSR count). The van der Waals surface area contributed by atoms with E-state index in [2.05, 4.69) is 37.1 Å². The molecular weight excluding hydrogens is 206 g/mol. The minimum Gasteiger partial charge on any atom is -0.265 e. The fourth-order valence-corrected chi connectivity index (χ4v) is 2.76. The Morgan fingerprint density at radius 3 is 2.59 bits per heavy atom. The van der Waals surface area contributed by atoms with Gasteiger partial charge in [-0.3, -0.25) is 4.99 Å². The van der Waals surface area contributed by atoms with E-state index in [9.17, 15) is 0 Å². The van der Waals surface area contributed by atoms with Crippen LogP contribution in [0, 0.1) is 5.92 Å². The van der Waals surface area contributed by atoms with Crippen LogP contribution >= 0.6 is 0 Å². The van der Waals surface area contributed by atoms with Crippen LogP contribution in [-0.2, 0) is 0 Å². The van der Waals surface area contributed by atoms with E-state index in [-0.39, 0.29) is 0 Å². The molecule has 0 radical (unpaired) electrons. The molecule has 0 amide bonds. The lowest BCUT2D eigenvalue weighted by Crippen LogP contribution is -2.02. The van der Waals surface area contributed by atoms with Gasteiger partial charge in [0, 0.05) is 24.8 Å². The number of hydrogen-bond acceptors (Lipinski definition) is 1. The van der Waals surface area contributed by atoms with Crippen LogP contribution in [0.25, 0.3) is 0 Å². The van der Waals surface area contributed by atoms with Gasteiger partial charge in [0.2, 0.25) is 0 Å². The lowest BCUT2D eigenvalue weighted by atomic mass is 9.89. The van der Waals surface area contributed by atoms with E-state index in [4.69, 9.17) is 0 Å². The molecule has 0 atom stereocenters. The lowest BCUT2D eigenvalue weighted by molar-refractivity contribution is 0.511. The van der Waals surface area contributed by atoms with Crippen molar-refractivity contribution in [1.29, 1.82) is 0 Å². The largest absolute Gasteiger partial charge is 0.265 e.